The number of Topliss-reactive ketones (excluding diaryl/α,β-unsaturated/α-hetero) is 1. The minimum absolute atomic E-state index is 0.243. The Balaban J connectivity index is 4.86. The number of aliphatic hydroxyl groups is 1. The molecule has 8 nitrogen and oxygen atoms in total. The van der Waals surface area contributed by atoms with Gasteiger partial charge in [0.15, 0.2) is 5.78 Å². The molecular weight excluding hydrogens is 232 g/mol. The SMILES string of the molecule is C[C@@H](O)[C@](N)(C(=O)O)C(=O)[C@@H](N)CCC(=O)O. The number of hydrogen-bond donors (Lipinski definition) is 5. The average Bonchev–Trinajstić information content (AvgIpc) is 2.22. The fourth-order valence-electron chi connectivity index (χ4n) is 1.21. The lowest BCUT2D eigenvalue weighted by molar-refractivity contribution is -0.153. The van der Waals surface area contributed by atoms with Crippen molar-refractivity contribution in [3.63, 3.8) is 0 Å². The molecule has 0 spiro atoms. The van der Waals surface area contributed by atoms with Crippen LogP contribution in [-0.4, -0.2) is 50.7 Å². The van der Waals surface area contributed by atoms with E-state index in [9.17, 15) is 19.5 Å². The summed E-state index contributed by atoms with van der Waals surface area (Å²) in [5.41, 5.74) is 8.15. The number of rotatable bonds is 7. The number of carbonyl (C=O) groups excluding carboxylic acids is 1. The van der Waals surface area contributed by atoms with E-state index in [2.05, 4.69) is 0 Å². The number of carboxylic acids is 2. The maximum absolute atomic E-state index is 11.7. The van der Waals surface area contributed by atoms with Crippen LogP contribution in [0.3, 0.4) is 0 Å². The van der Waals surface area contributed by atoms with Crippen molar-refractivity contribution in [1.29, 1.82) is 0 Å². The molecule has 0 aromatic rings. The van der Waals surface area contributed by atoms with E-state index in [1.807, 2.05) is 0 Å². The molecule has 17 heavy (non-hydrogen) atoms. The number of nitrogens with two attached hydrogens (primary N) is 2. The van der Waals surface area contributed by atoms with Crippen molar-refractivity contribution in [3.8, 4) is 0 Å². The Kier molecular flexibility index (Phi) is 5.20. The minimum atomic E-state index is -2.52. The predicted molar refractivity (Wildman–Crippen MR) is 56.1 cm³/mol. The van der Waals surface area contributed by atoms with Crippen molar-refractivity contribution >= 4 is 17.7 Å². The molecule has 0 aliphatic carbocycles. The van der Waals surface area contributed by atoms with Gasteiger partial charge in [0.1, 0.15) is 0 Å². The highest BCUT2D eigenvalue weighted by atomic mass is 16.4. The molecular formula is C9H16N2O6. The van der Waals surface area contributed by atoms with E-state index in [0.29, 0.717) is 0 Å². The number of hydrogen-bond acceptors (Lipinski definition) is 6. The number of ketones is 1. The molecule has 0 bridgehead atoms. The highest BCUT2D eigenvalue weighted by Gasteiger charge is 2.48. The first-order valence-corrected chi connectivity index (χ1v) is 4.86. The third-order valence-electron chi connectivity index (χ3n) is 2.43. The second-order valence-corrected chi connectivity index (χ2v) is 3.75. The van der Waals surface area contributed by atoms with Crippen LogP contribution in [0.15, 0.2) is 0 Å². The van der Waals surface area contributed by atoms with Crippen LogP contribution in [0.5, 0.6) is 0 Å². The van der Waals surface area contributed by atoms with E-state index in [1.165, 1.54) is 0 Å². The molecule has 7 N–H and O–H groups in total. The minimum Gasteiger partial charge on any atom is -0.481 e. The summed E-state index contributed by atoms with van der Waals surface area (Å²) < 4.78 is 0. The van der Waals surface area contributed by atoms with Crippen LogP contribution in [0, 0.1) is 0 Å². The van der Waals surface area contributed by atoms with E-state index in [-0.39, 0.29) is 12.8 Å². The molecule has 0 rings (SSSR count). The Morgan fingerprint density at radius 1 is 1.29 bits per heavy atom. The Hall–Kier alpha value is -1.51. The van der Waals surface area contributed by atoms with Gasteiger partial charge in [0.05, 0.1) is 12.1 Å². The zero-order valence-corrected chi connectivity index (χ0v) is 9.29. The van der Waals surface area contributed by atoms with Gasteiger partial charge in [0.2, 0.25) is 5.54 Å². The predicted octanol–water partition coefficient (Wildman–Crippen LogP) is -2.09. The zero-order valence-electron chi connectivity index (χ0n) is 9.29. The summed E-state index contributed by atoms with van der Waals surface area (Å²) >= 11 is 0. The van der Waals surface area contributed by atoms with E-state index in [4.69, 9.17) is 21.7 Å². The van der Waals surface area contributed by atoms with Crippen LogP contribution < -0.4 is 11.5 Å². The summed E-state index contributed by atoms with van der Waals surface area (Å²) in [6.45, 7) is 1.05. The summed E-state index contributed by atoms with van der Waals surface area (Å²) in [5, 5.41) is 26.5. The maximum Gasteiger partial charge on any atom is 0.334 e. The first-order chi connectivity index (χ1) is 7.63. The summed E-state index contributed by atoms with van der Waals surface area (Å²) in [4.78, 5) is 32.8. The van der Waals surface area contributed by atoms with Gasteiger partial charge in [-0.3, -0.25) is 9.59 Å². The van der Waals surface area contributed by atoms with Crippen molar-refractivity contribution < 1.29 is 29.7 Å². The molecule has 0 heterocycles. The third-order valence-corrected chi connectivity index (χ3v) is 2.43. The second-order valence-electron chi connectivity index (χ2n) is 3.75. The molecule has 0 fully saturated rings. The Labute approximate surface area is 97.2 Å². The lowest BCUT2D eigenvalue weighted by Gasteiger charge is -2.28. The summed E-state index contributed by atoms with van der Waals surface area (Å²) in [6.07, 6.45) is -2.27. The van der Waals surface area contributed by atoms with Crippen LogP contribution in [0.25, 0.3) is 0 Å². The van der Waals surface area contributed by atoms with Crippen molar-refractivity contribution in [2.24, 2.45) is 11.5 Å². The van der Waals surface area contributed by atoms with Gasteiger partial charge in [-0.25, -0.2) is 4.79 Å². The molecule has 0 aliphatic heterocycles. The largest absolute Gasteiger partial charge is 0.481 e. The molecule has 0 amide bonds. The first-order valence-electron chi connectivity index (χ1n) is 4.86. The number of aliphatic carboxylic acids is 2. The molecule has 8 heteroatoms. The fraction of sp³-hybridized carbons (Fsp3) is 0.667. The van der Waals surface area contributed by atoms with Gasteiger partial charge in [-0.15, -0.1) is 0 Å². The lowest BCUT2D eigenvalue weighted by atomic mass is 9.84. The molecule has 0 radical (unpaired) electrons. The van der Waals surface area contributed by atoms with Gasteiger partial charge in [0, 0.05) is 6.42 Å². The van der Waals surface area contributed by atoms with Gasteiger partial charge in [-0.2, -0.15) is 0 Å². The fourth-order valence-corrected chi connectivity index (χ4v) is 1.21. The van der Waals surface area contributed by atoms with Crippen molar-refractivity contribution in [2.45, 2.75) is 37.5 Å². The highest BCUT2D eigenvalue weighted by molar-refractivity contribution is 6.10. The highest BCUT2D eigenvalue weighted by Crippen LogP contribution is 2.13. The second kappa shape index (κ2) is 5.71. The topological polar surface area (TPSA) is 164 Å². The van der Waals surface area contributed by atoms with Gasteiger partial charge in [-0.05, 0) is 13.3 Å². The van der Waals surface area contributed by atoms with Crippen LogP contribution >= 0.6 is 0 Å². The molecule has 0 aliphatic rings. The van der Waals surface area contributed by atoms with Crippen molar-refractivity contribution in [1.82, 2.24) is 0 Å². The number of aliphatic hydroxyl groups excluding tert-OH is 1. The lowest BCUT2D eigenvalue weighted by Crippen LogP contribution is -2.66. The Morgan fingerprint density at radius 3 is 2.06 bits per heavy atom. The van der Waals surface area contributed by atoms with Crippen LogP contribution in [0.4, 0.5) is 0 Å². The molecule has 3 atom stereocenters. The van der Waals surface area contributed by atoms with Crippen LogP contribution in [0.2, 0.25) is 0 Å². The summed E-state index contributed by atoms with van der Waals surface area (Å²) in [7, 11) is 0. The zero-order chi connectivity index (χ0) is 13.8. The van der Waals surface area contributed by atoms with E-state index >= 15 is 0 Å². The number of carbonyl (C=O) groups is 3. The standard InChI is InChI=1S/C9H16N2O6/c1-4(12)9(11,8(16)17)7(15)5(10)2-3-6(13)14/h4-5,12H,2-3,10-11H2,1H3,(H,13,14)(H,16,17)/t4-,5+,9-/m1/s1. The van der Waals surface area contributed by atoms with Gasteiger partial charge in [-0.1, -0.05) is 0 Å². The van der Waals surface area contributed by atoms with Gasteiger partial charge >= 0.3 is 11.9 Å². The normalized spacial score (nSPS) is 17.9. The van der Waals surface area contributed by atoms with E-state index < -0.39 is 35.4 Å². The van der Waals surface area contributed by atoms with Crippen molar-refractivity contribution in [2.75, 3.05) is 0 Å². The Morgan fingerprint density at radius 2 is 1.76 bits per heavy atom. The third kappa shape index (κ3) is 3.48. The van der Waals surface area contributed by atoms with Gasteiger partial charge in [0.25, 0.3) is 0 Å². The summed E-state index contributed by atoms with van der Waals surface area (Å²) in [5.74, 6) is -3.97. The van der Waals surface area contributed by atoms with Crippen LogP contribution in [-0.2, 0) is 14.4 Å². The maximum atomic E-state index is 11.7. The van der Waals surface area contributed by atoms with Gasteiger partial charge < -0.3 is 26.8 Å². The molecule has 0 saturated carbocycles. The average molecular weight is 248 g/mol. The monoisotopic (exact) mass is 248 g/mol. The quantitative estimate of drug-likeness (QED) is 0.320. The number of carboxylic acid groups (broad SMARTS) is 2. The molecule has 0 aromatic carbocycles. The smallest absolute Gasteiger partial charge is 0.334 e. The van der Waals surface area contributed by atoms with Crippen molar-refractivity contribution in [3.05, 3.63) is 0 Å². The molecule has 0 aromatic heterocycles. The first kappa shape index (κ1) is 15.5. The summed E-state index contributed by atoms with van der Waals surface area (Å²) in [6, 6.07) is -1.35. The molecule has 0 unspecified atom stereocenters. The molecule has 98 valence electrons. The molecule has 0 saturated heterocycles. The van der Waals surface area contributed by atoms with Crippen LogP contribution in [0.1, 0.15) is 19.8 Å². The Bertz CT molecular complexity index is 329. The van der Waals surface area contributed by atoms with E-state index in [1.54, 1.807) is 0 Å². The van der Waals surface area contributed by atoms with E-state index in [0.717, 1.165) is 6.92 Å².